The topological polar surface area (TPSA) is 78.4 Å². The predicted octanol–water partition coefficient (Wildman–Crippen LogP) is 1.50. The van der Waals surface area contributed by atoms with E-state index >= 15 is 0 Å². The van der Waals surface area contributed by atoms with E-state index in [1.54, 1.807) is 19.2 Å². The number of aryl methyl sites for hydroxylation is 1. The Morgan fingerprint density at radius 2 is 2.00 bits per heavy atom. The van der Waals surface area contributed by atoms with Gasteiger partial charge in [0.05, 0.1) is 6.10 Å². The summed E-state index contributed by atoms with van der Waals surface area (Å²) in [6, 6.07) is 7.24. The van der Waals surface area contributed by atoms with E-state index in [0.717, 1.165) is 5.56 Å². The predicted molar refractivity (Wildman–Crippen MR) is 86.6 cm³/mol. The Balaban J connectivity index is 2.39. The summed E-state index contributed by atoms with van der Waals surface area (Å²) in [5.41, 5.74) is 1.53. The quantitative estimate of drug-likeness (QED) is 0.681. The Kier molecular flexibility index (Phi) is 7.60. The Hall–Kier alpha value is -1.88. The van der Waals surface area contributed by atoms with Crippen LogP contribution in [0.4, 0.5) is 0 Å². The van der Waals surface area contributed by atoms with E-state index in [0.29, 0.717) is 30.7 Å². The molecule has 5 heteroatoms. The third-order valence-corrected chi connectivity index (χ3v) is 3.34. The molecule has 0 saturated heterocycles. The lowest BCUT2D eigenvalue weighted by atomic mass is 10.0. The van der Waals surface area contributed by atoms with Gasteiger partial charge in [-0.25, -0.2) is 0 Å². The van der Waals surface area contributed by atoms with E-state index in [9.17, 15) is 14.7 Å². The van der Waals surface area contributed by atoms with Gasteiger partial charge in [0.2, 0.25) is 5.91 Å². The lowest BCUT2D eigenvalue weighted by molar-refractivity contribution is -0.121. The maximum absolute atomic E-state index is 11.8. The maximum Gasteiger partial charge on any atom is 0.251 e. The van der Waals surface area contributed by atoms with E-state index in [1.165, 1.54) is 0 Å². The third-order valence-electron chi connectivity index (χ3n) is 3.34. The smallest absolute Gasteiger partial charge is 0.251 e. The molecule has 0 spiro atoms. The first-order chi connectivity index (χ1) is 10.4. The van der Waals surface area contributed by atoms with Crippen molar-refractivity contribution in [2.75, 3.05) is 13.6 Å². The number of carbonyl (C=O) groups excluding carboxylic acids is 2. The molecule has 0 saturated carbocycles. The molecule has 1 unspecified atom stereocenters. The Morgan fingerprint density at radius 3 is 2.64 bits per heavy atom. The highest BCUT2D eigenvalue weighted by molar-refractivity contribution is 5.94. The zero-order chi connectivity index (χ0) is 16.5. The molecule has 0 radical (unpaired) electrons. The zero-order valence-corrected chi connectivity index (χ0v) is 13.6. The zero-order valence-electron chi connectivity index (χ0n) is 13.6. The van der Waals surface area contributed by atoms with Gasteiger partial charge in [-0.15, -0.1) is 0 Å². The summed E-state index contributed by atoms with van der Waals surface area (Å²) < 4.78 is 0. The number of nitrogens with one attached hydrogen (secondary N) is 2. The highest BCUT2D eigenvalue weighted by atomic mass is 16.3. The summed E-state index contributed by atoms with van der Waals surface area (Å²) in [6.45, 7) is 4.35. The number of benzene rings is 1. The van der Waals surface area contributed by atoms with E-state index in [1.807, 2.05) is 26.0 Å². The van der Waals surface area contributed by atoms with Crippen LogP contribution in [0.15, 0.2) is 24.3 Å². The number of rotatable bonds is 8. The van der Waals surface area contributed by atoms with Gasteiger partial charge in [-0.3, -0.25) is 9.59 Å². The van der Waals surface area contributed by atoms with Gasteiger partial charge in [0.15, 0.2) is 0 Å². The Morgan fingerprint density at radius 1 is 1.27 bits per heavy atom. The first-order valence-electron chi connectivity index (χ1n) is 7.68. The molecule has 5 nitrogen and oxygen atoms in total. The Bertz CT molecular complexity index is 500. The van der Waals surface area contributed by atoms with E-state index < -0.39 is 6.10 Å². The molecule has 0 bridgehead atoms. The minimum absolute atomic E-state index is 0.0897. The molecule has 0 aliphatic rings. The van der Waals surface area contributed by atoms with Gasteiger partial charge >= 0.3 is 0 Å². The molecule has 0 aliphatic carbocycles. The molecule has 0 fully saturated rings. The van der Waals surface area contributed by atoms with E-state index in [4.69, 9.17) is 0 Å². The molecule has 1 aromatic rings. The number of amides is 2. The Labute approximate surface area is 132 Å². The van der Waals surface area contributed by atoms with Crippen molar-refractivity contribution in [1.29, 1.82) is 0 Å². The fourth-order valence-corrected chi connectivity index (χ4v) is 2.22. The second-order valence-electron chi connectivity index (χ2n) is 5.87. The molecule has 122 valence electrons. The highest BCUT2D eigenvalue weighted by Gasteiger charge is 2.10. The number of carbonyl (C=O) groups is 2. The van der Waals surface area contributed by atoms with Crippen LogP contribution in [0.5, 0.6) is 0 Å². The summed E-state index contributed by atoms with van der Waals surface area (Å²) >= 11 is 0. The van der Waals surface area contributed by atoms with Crippen molar-refractivity contribution in [3.05, 3.63) is 35.4 Å². The van der Waals surface area contributed by atoms with Crippen molar-refractivity contribution >= 4 is 11.8 Å². The first kappa shape index (κ1) is 18.2. The average molecular weight is 306 g/mol. The second-order valence-corrected chi connectivity index (χ2v) is 5.87. The maximum atomic E-state index is 11.8. The van der Waals surface area contributed by atoms with Crippen LogP contribution in [0.25, 0.3) is 0 Å². The molecular weight excluding hydrogens is 280 g/mol. The summed E-state index contributed by atoms with van der Waals surface area (Å²) in [5, 5.41) is 15.0. The first-order valence-corrected chi connectivity index (χ1v) is 7.68. The summed E-state index contributed by atoms with van der Waals surface area (Å²) in [4.78, 5) is 23.3. The van der Waals surface area contributed by atoms with Crippen molar-refractivity contribution in [2.45, 2.75) is 39.2 Å². The van der Waals surface area contributed by atoms with Crippen LogP contribution >= 0.6 is 0 Å². The van der Waals surface area contributed by atoms with Gasteiger partial charge in [0.1, 0.15) is 0 Å². The SMILES string of the molecule is CNC(=O)c1cccc(CCC(=O)NCC(O)CC(C)C)c1. The molecule has 0 aromatic heterocycles. The van der Waals surface area contributed by atoms with Crippen LogP contribution in [0.3, 0.4) is 0 Å². The second kappa shape index (κ2) is 9.20. The van der Waals surface area contributed by atoms with Crippen LogP contribution in [-0.4, -0.2) is 36.6 Å². The van der Waals surface area contributed by atoms with Crippen LogP contribution in [0.1, 0.15) is 42.6 Å². The monoisotopic (exact) mass is 306 g/mol. The summed E-state index contributed by atoms with van der Waals surface area (Å²) in [5.74, 6) is 0.176. The molecule has 1 aromatic carbocycles. The van der Waals surface area contributed by atoms with Crippen molar-refractivity contribution in [1.82, 2.24) is 10.6 Å². The largest absolute Gasteiger partial charge is 0.391 e. The summed E-state index contributed by atoms with van der Waals surface area (Å²) in [7, 11) is 1.59. The van der Waals surface area contributed by atoms with Crippen molar-refractivity contribution < 1.29 is 14.7 Å². The third kappa shape index (κ3) is 6.72. The van der Waals surface area contributed by atoms with Gasteiger partial charge in [0.25, 0.3) is 5.91 Å². The molecule has 1 atom stereocenters. The average Bonchev–Trinajstić information content (AvgIpc) is 2.49. The number of aliphatic hydroxyl groups is 1. The standard InChI is InChI=1S/C17H26N2O3/c1-12(2)9-15(20)11-19-16(21)8-7-13-5-4-6-14(10-13)17(22)18-3/h4-6,10,12,15,20H,7-9,11H2,1-3H3,(H,18,22)(H,19,21). The van der Waals surface area contributed by atoms with Gasteiger partial charge in [-0.1, -0.05) is 26.0 Å². The van der Waals surface area contributed by atoms with Crippen molar-refractivity contribution in [2.24, 2.45) is 5.92 Å². The van der Waals surface area contributed by atoms with Gasteiger partial charge < -0.3 is 15.7 Å². The summed E-state index contributed by atoms with van der Waals surface area (Å²) in [6.07, 6.45) is 1.08. The van der Waals surface area contributed by atoms with Gasteiger partial charge in [-0.2, -0.15) is 0 Å². The normalized spacial score (nSPS) is 12.0. The minimum Gasteiger partial charge on any atom is -0.391 e. The van der Waals surface area contributed by atoms with Crippen LogP contribution < -0.4 is 10.6 Å². The fourth-order valence-electron chi connectivity index (χ4n) is 2.22. The van der Waals surface area contributed by atoms with E-state index in [-0.39, 0.29) is 18.4 Å². The van der Waals surface area contributed by atoms with Gasteiger partial charge in [0, 0.05) is 25.6 Å². The number of hydrogen-bond acceptors (Lipinski definition) is 3. The lowest BCUT2D eigenvalue weighted by Crippen LogP contribution is -2.32. The molecule has 0 aliphatic heterocycles. The van der Waals surface area contributed by atoms with Crippen LogP contribution in [-0.2, 0) is 11.2 Å². The lowest BCUT2D eigenvalue weighted by Gasteiger charge is -2.13. The number of aliphatic hydroxyl groups excluding tert-OH is 1. The number of hydrogen-bond donors (Lipinski definition) is 3. The highest BCUT2D eigenvalue weighted by Crippen LogP contribution is 2.08. The van der Waals surface area contributed by atoms with Crippen molar-refractivity contribution in [3.8, 4) is 0 Å². The molecule has 2 amide bonds. The molecule has 3 N–H and O–H groups in total. The molecular formula is C17H26N2O3. The van der Waals surface area contributed by atoms with Crippen molar-refractivity contribution in [3.63, 3.8) is 0 Å². The van der Waals surface area contributed by atoms with E-state index in [2.05, 4.69) is 10.6 Å². The van der Waals surface area contributed by atoms with Crippen LogP contribution in [0, 0.1) is 5.92 Å². The van der Waals surface area contributed by atoms with Gasteiger partial charge in [-0.05, 0) is 36.5 Å². The molecule has 0 heterocycles. The van der Waals surface area contributed by atoms with Crippen LogP contribution in [0.2, 0.25) is 0 Å². The fraction of sp³-hybridized carbons (Fsp3) is 0.529. The molecule has 22 heavy (non-hydrogen) atoms. The molecule has 1 rings (SSSR count). The minimum atomic E-state index is -0.500.